The molecule has 0 fully saturated rings. The maximum absolute atomic E-state index is 11.8. The number of aromatic nitrogens is 5. The molecule has 146 valence electrons. The van der Waals surface area contributed by atoms with E-state index in [9.17, 15) is 9.90 Å². The number of hydrogen-bond acceptors (Lipinski definition) is 7. The van der Waals surface area contributed by atoms with Crippen LogP contribution in [0.1, 0.15) is 29.3 Å². The molecule has 0 atom stereocenters. The number of carbonyl (C=O) groups is 1. The van der Waals surface area contributed by atoms with Crippen molar-refractivity contribution in [2.24, 2.45) is 4.99 Å². The van der Waals surface area contributed by atoms with Gasteiger partial charge in [-0.2, -0.15) is 5.21 Å². The minimum Gasteiger partial charge on any atom is -0.494 e. The van der Waals surface area contributed by atoms with E-state index in [1.165, 1.54) is 7.11 Å². The summed E-state index contributed by atoms with van der Waals surface area (Å²) in [7, 11) is 1.33. The molecule has 0 aliphatic carbocycles. The van der Waals surface area contributed by atoms with Crippen molar-refractivity contribution in [3.8, 4) is 17.3 Å². The Labute approximate surface area is 165 Å². The number of aromatic amines is 2. The van der Waals surface area contributed by atoms with Gasteiger partial charge >= 0.3 is 5.97 Å². The summed E-state index contributed by atoms with van der Waals surface area (Å²) >= 11 is 0. The van der Waals surface area contributed by atoms with Gasteiger partial charge in [-0.1, -0.05) is 13.0 Å². The Kier molecular flexibility index (Phi) is 4.78. The van der Waals surface area contributed by atoms with E-state index < -0.39 is 5.97 Å². The van der Waals surface area contributed by atoms with Gasteiger partial charge < -0.3 is 14.8 Å². The zero-order chi connectivity index (χ0) is 20.4. The molecule has 4 aromatic rings. The summed E-state index contributed by atoms with van der Waals surface area (Å²) < 4.78 is 4.75. The summed E-state index contributed by atoms with van der Waals surface area (Å²) in [6, 6.07) is 12.5. The van der Waals surface area contributed by atoms with E-state index in [1.54, 1.807) is 18.2 Å². The van der Waals surface area contributed by atoms with E-state index in [-0.39, 0.29) is 5.88 Å². The van der Waals surface area contributed by atoms with Gasteiger partial charge in [0.1, 0.15) is 0 Å². The number of ether oxygens (including phenoxy) is 1. The number of methoxy groups -OCH3 is 1. The third-order valence-corrected chi connectivity index (χ3v) is 4.56. The van der Waals surface area contributed by atoms with Crippen LogP contribution in [0.2, 0.25) is 0 Å². The Hall–Kier alpha value is -4.01. The van der Waals surface area contributed by atoms with Crippen molar-refractivity contribution in [2.75, 3.05) is 7.11 Å². The third kappa shape index (κ3) is 3.45. The average Bonchev–Trinajstić information content (AvgIpc) is 3.39. The van der Waals surface area contributed by atoms with Gasteiger partial charge in [-0.15, -0.1) is 10.2 Å². The van der Waals surface area contributed by atoms with E-state index in [2.05, 4.69) is 25.6 Å². The summed E-state index contributed by atoms with van der Waals surface area (Å²) in [5, 5.41) is 25.1. The van der Waals surface area contributed by atoms with Crippen LogP contribution in [0.4, 0.5) is 5.69 Å². The second-order valence-electron chi connectivity index (χ2n) is 6.29. The highest BCUT2D eigenvalue weighted by Crippen LogP contribution is 2.31. The Morgan fingerprint density at radius 3 is 2.66 bits per heavy atom. The Morgan fingerprint density at radius 1 is 1.21 bits per heavy atom. The van der Waals surface area contributed by atoms with Crippen LogP contribution in [0.3, 0.4) is 0 Å². The summed E-state index contributed by atoms with van der Waals surface area (Å²) in [6.45, 7) is 1.97. The maximum Gasteiger partial charge on any atom is 0.337 e. The molecule has 0 amide bonds. The number of aromatic hydroxyl groups is 1. The SMILES string of the molecule is CCC(=Nc1ccc(-c2nn[nH]n2)cc1)c1c(O)[nH]c2cc(C(=O)OC)ccc12. The van der Waals surface area contributed by atoms with Crippen LogP contribution in [0.15, 0.2) is 47.5 Å². The molecule has 9 heteroatoms. The van der Waals surface area contributed by atoms with Gasteiger partial charge in [0.05, 0.1) is 29.6 Å². The molecule has 9 nitrogen and oxygen atoms in total. The summed E-state index contributed by atoms with van der Waals surface area (Å²) in [4.78, 5) is 19.4. The lowest BCUT2D eigenvalue weighted by Gasteiger charge is -2.05. The molecule has 29 heavy (non-hydrogen) atoms. The van der Waals surface area contributed by atoms with Crippen molar-refractivity contribution < 1.29 is 14.6 Å². The topological polar surface area (TPSA) is 129 Å². The Morgan fingerprint density at radius 2 is 2.00 bits per heavy atom. The van der Waals surface area contributed by atoms with Crippen LogP contribution in [0, 0.1) is 0 Å². The van der Waals surface area contributed by atoms with E-state index >= 15 is 0 Å². The zero-order valence-electron chi connectivity index (χ0n) is 15.8. The molecule has 0 saturated carbocycles. The van der Waals surface area contributed by atoms with Crippen LogP contribution < -0.4 is 0 Å². The van der Waals surface area contributed by atoms with Crippen molar-refractivity contribution >= 4 is 28.3 Å². The number of tetrazole rings is 1. The number of rotatable bonds is 5. The monoisotopic (exact) mass is 390 g/mol. The van der Waals surface area contributed by atoms with Crippen LogP contribution in [0.5, 0.6) is 5.88 Å². The first-order valence-corrected chi connectivity index (χ1v) is 8.95. The first-order valence-electron chi connectivity index (χ1n) is 8.95. The Balaban J connectivity index is 1.72. The number of nitrogens with zero attached hydrogens (tertiary/aromatic N) is 4. The lowest BCUT2D eigenvalue weighted by Crippen LogP contribution is -2.01. The number of nitrogens with one attached hydrogen (secondary N) is 2. The van der Waals surface area contributed by atoms with E-state index in [0.29, 0.717) is 34.6 Å². The van der Waals surface area contributed by atoms with Crippen LogP contribution in [-0.4, -0.2) is 49.5 Å². The van der Waals surface area contributed by atoms with Crippen molar-refractivity contribution in [1.82, 2.24) is 25.6 Å². The van der Waals surface area contributed by atoms with Crippen LogP contribution in [-0.2, 0) is 4.74 Å². The molecule has 0 spiro atoms. The van der Waals surface area contributed by atoms with Crippen molar-refractivity contribution in [3.63, 3.8) is 0 Å². The van der Waals surface area contributed by atoms with Gasteiger partial charge in [0, 0.05) is 16.5 Å². The Bertz CT molecular complexity index is 1190. The summed E-state index contributed by atoms with van der Waals surface area (Å²) in [5.41, 5.74) is 3.91. The van der Waals surface area contributed by atoms with Gasteiger partial charge in [0.15, 0.2) is 5.88 Å². The third-order valence-electron chi connectivity index (χ3n) is 4.56. The lowest BCUT2D eigenvalue weighted by atomic mass is 10.0. The fraction of sp³-hybridized carbons (Fsp3) is 0.150. The minimum atomic E-state index is -0.436. The molecule has 4 rings (SSSR count). The molecular weight excluding hydrogens is 372 g/mol. The number of benzene rings is 2. The van der Waals surface area contributed by atoms with Crippen LogP contribution >= 0.6 is 0 Å². The lowest BCUT2D eigenvalue weighted by molar-refractivity contribution is 0.0601. The predicted molar refractivity (Wildman–Crippen MR) is 107 cm³/mol. The molecule has 2 aromatic carbocycles. The van der Waals surface area contributed by atoms with Gasteiger partial charge in [-0.05, 0) is 48.0 Å². The number of H-pyrrole nitrogens is 2. The second-order valence-corrected chi connectivity index (χ2v) is 6.29. The number of carbonyl (C=O) groups excluding carboxylic acids is 1. The minimum absolute atomic E-state index is 0.00559. The largest absolute Gasteiger partial charge is 0.494 e. The smallest absolute Gasteiger partial charge is 0.337 e. The predicted octanol–water partition coefficient (Wildman–Crippen LogP) is 3.37. The molecule has 0 saturated heterocycles. The normalized spacial score (nSPS) is 11.7. The number of hydrogen-bond donors (Lipinski definition) is 3. The molecule has 2 heterocycles. The number of aliphatic imine (C=N–C) groups is 1. The average molecular weight is 390 g/mol. The van der Waals surface area contributed by atoms with Gasteiger partial charge in [0.2, 0.25) is 5.82 Å². The number of esters is 1. The van der Waals surface area contributed by atoms with Crippen LogP contribution in [0.25, 0.3) is 22.3 Å². The summed E-state index contributed by atoms with van der Waals surface area (Å²) in [5.74, 6) is 0.0755. The van der Waals surface area contributed by atoms with E-state index in [1.807, 2.05) is 31.2 Å². The first kappa shape index (κ1) is 18.4. The summed E-state index contributed by atoms with van der Waals surface area (Å²) in [6.07, 6.45) is 0.603. The fourth-order valence-electron chi connectivity index (χ4n) is 3.16. The second kappa shape index (κ2) is 7.55. The molecule has 0 bridgehead atoms. The standard InChI is InChI=1S/C20H18N6O3/c1-3-15(21-13-7-4-11(5-8-13)18-23-25-26-24-18)17-14-9-6-12(20(28)29-2)10-16(14)22-19(17)27/h4-10,22,27H,3H2,1-2H3,(H,23,24,25,26). The molecule has 0 unspecified atom stereocenters. The van der Waals surface area contributed by atoms with Gasteiger partial charge in [-0.25, -0.2) is 4.79 Å². The molecule has 0 aliphatic heterocycles. The molecule has 2 aromatic heterocycles. The van der Waals surface area contributed by atoms with Crippen molar-refractivity contribution in [2.45, 2.75) is 13.3 Å². The number of fused-ring (bicyclic) bond motifs is 1. The highest BCUT2D eigenvalue weighted by molar-refractivity contribution is 6.14. The fourth-order valence-corrected chi connectivity index (χ4v) is 3.16. The highest BCUT2D eigenvalue weighted by Gasteiger charge is 2.17. The first-order chi connectivity index (χ1) is 14.1. The molecule has 0 aliphatic rings. The maximum atomic E-state index is 11.8. The quantitative estimate of drug-likeness (QED) is 0.354. The van der Waals surface area contributed by atoms with Gasteiger partial charge in [0.25, 0.3) is 0 Å². The molecule has 3 N–H and O–H groups in total. The molecular formula is C20H18N6O3. The van der Waals surface area contributed by atoms with Crippen molar-refractivity contribution in [1.29, 1.82) is 0 Å². The van der Waals surface area contributed by atoms with Gasteiger partial charge in [-0.3, -0.25) is 4.99 Å². The molecule has 0 radical (unpaired) electrons. The zero-order valence-corrected chi connectivity index (χ0v) is 15.8. The highest BCUT2D eigenvalue weighted by atomic mass is 16.5. The van der Waals surface area contributed by atoms with E-state index in [4.69, 9.17) is 9.73 Å². The van der Waals surface area contributed by atoms with Crippen molar-refractivity contribution in [3.05, 3.63) is 53.6 Å². The van der Waals surface area contributed by atoms with E-state index in [0.717, 1.165) is 16.6 Å².